The van der Waals surface area contributed by atoms with Gasteiger partial charge in [0.2, 0.25) is 5.91 Å². The molecule has 1 aromatic carbocycles. The van der Waals surface area contributed by atoms with Gasteiger partial charge in [-0.15, -0.1) is 12.3 Å². The van der Waals surface area contributed by atoms with Crippen molar-refractivity contribution < 1.29 is 22.8 Å². The van der Waals surface area contributed by atoms with Gasteiger partial charge in [-0.1, -0.05) is 17.7 Å². The van der Waals surface area contributed by atoms with E-state index in [4.69, 9.17) is 23.8 Å². The molecule has 2 aromatic heterocycles. The first kappa shape index (κ1) is 21.9. The number of terminal acetylenes is 1. The maximum atomic E-state index is 13.3. The Morgan fingerprint density at radius 1 is 1.32 bits per heavy atom. The molecule has 0 saturated heterocycles. The van der Waals surface area contributed by atoms with Gasteiger partial charge < -0.3 is 16.0 Å². The number of H-pyrrole nitrogens is 2. The second-order valence-corrected chi connectivity index (χ2v) is 6.72. The summed E-state index contributed by atoms with van der Waals surface area (Å²) in [7, 11) is 0. The molecule has 0 spiro atoms. The number of carbonyl (C=O) groups is 2. The van der Waals surface area contributed by atoms with Gasteiger partial charge in [-0.25, -0.2) is 4.98 Å². The van der Waals surface area contributed by atoms with E-state index in [0.29, 0.717) is 5.56 Å². The first-order chi connectivity index (χ1) is 14.6. The number of hydrogen-bond acceptors (Lipinski definition) is 4. The zero-order valence-corrected chi connectivity index (χ0v) is 16.4. The number of benzene rings is 1. The minimum atomic E-state index is -4.73. The summed E-state index contributed by atoms with van der Waals surface area (Å²) in [5, 5.41) is 8.25. The number of imidazole rings is 1. The number of aromatic amines is 2. The smallest absolute Gasteiger partial charge is 0.366 e. The Hall–Kier alpha value is -3.78. The number of aromatic nitrogens is 4. The number of nitrogens with zero attached hydrogens (tertiary/aromatic N) is 2. The van der Waals surface area contributed by atoms with Gasteiger partial charge in [0.25, 0.3) is 5.91 Å². The van der Waals surface area contributed by atoms with Crippen LogP contribution in [-0.4, -0.2) is 32.0 Å². The van der Waals surface area contributed by atoms with Gasteiger partial charge >= 0.3 is 6.18 Å². The van der Waals surface area contributed by atoms with Crippen molar-refractivity contribution in [2.75, 3.05) is 0 Å². The molecule has 12 heteroatoms. The number of alkyl halides is 3. The van der Waals surface area contributed by atoms with Gasteiger partial charge in [0.1, 0.15) is 0 Å². The summed E-state index contributed by atoms with van der Waals surface area (Å²) in [6.07, 6.45) is 1.44. The summed E-state index contributed by atoms with van der Waals surface area (Å²) in [5.74, 6) is 0.679. The number of primary amides is 1. The number of amides is 2. The lowest BCUT2D eigenvalue weighted by atomic mass is 10.1. The topological polar surface area (TPSA) is 130 Å². The summed E-state index contributed by atoms with van der Waals surface area (Å²) in [6.45, 7) is 0.0233. The lowest BCUT2D eigenvalue weighted by Gasteiger charge is -2.07. The molecule has 8 nitrogen and oxygen atoms in total. The van der Waals surface area contributed by atoms with E-state index in [1.807, 2.05) is 0 Å². The summed E-state index contributed by atoms with van der Waals surface area (Å²) in [4.78, 5) is 30.0. The van der Waals surface area contributed by atoms with Crippen molar-refractivity contribution in [2.45, 2.75) is 19.1 Å². The molecule has 3 rings (SSSR count). The van der Waals surface area contributed by atoms with Crippen LogP contribution in [-0.2, 0) is 19.1 Å². The molecule has 0 aliphatic carbocycles. The van der Waals surface area contributed by atoms with Crippen LogP contribution in [0.25, 0.3) is 11.3 Å². The highest BCUT2D eigenvalue weighted by atomic mass is 35.5. The highest BCUT2D eigenvalue weighted by Crippen LogP contribution is 2.37. The fourth-order valence-electron chi connectivity index (χ4n) is 2.80. The molecule has 0 radical (unpaired) electrons. The van der Waals surface area contributed by atoms with E-state index in [2.05, 4.69) is 31.4 Å². The maximum Gasteiger partial charge on any atom is 0.435 e. The average Bonchev–Trinajstić information content (AvgIpc) is 3.32. The van der Waals surface area contributed by atoms with Crippen LogP contribution in [0.5, 0.6) is 0 Å². The molecule has 31 heavy (non-hydrogen) atoms. The van der Waals surface area contributed by atoms with E-state index in [-0.39, 0.29) is 46.3 Å². The van der Waals surface area contributed by atoms with E-state index in [9.17, 15) is 22.8 Å². The van der Waals surface area contributed by atoms with Gasteiger partial charge in [0.05, 0.1) is 40.2 Å². The normalized spacial score (nSPS) is 11.2. The predicted molar refractivity (Wildman–Crippen MR) is 105 cm³/mol. The molecule has 0 saturated carbocycles. The van der Waals surface area contributed by atoms with E-state index in [1.54, 1.807) is 6.07 Å². The fraction of sp³-hybridized carbons (Fsp3) is 0.158. The Morgan fingerprint density at radius 2 is 2.06 bits per heavy atom. The first-order valence-electron chi connectivity index (χ1n) is 8.61. The van der Waals surface area contributed by atoms with Crippen molar-refractivity contribution in [3.8, 4) is 23.6 Å². The summed E-state index contributed by atoms with van der Waals surface area (Å²) < 4.78 is 39.9. The third kappa shape index (κ3) is 4.70. The van der Waals surface area contributed by atoms with Crippen molar-refractivity contribution >= 4 is 23.4 Å². The van der Waals surface area contributed by atoms with Gasteiger partial charge in [0.15, 0.2) is 11.5 Å². The Bertz CT molecular complexity index is 1190. The Morgan fingerprint density at radius 3 is 2.68 bits per heavy atom. The van der Waals surface area contributed by atoms with Crippen LogP contribution in [0.4, 0.5) is 13.2 Å². The van der Waals surface area contributed by atoms with Gasteiger partial charge in [-0.3, -0.25) is 14.7 Å². The number of halogens is 4. The molecule has 3 aromatic rings. The molecule has 0 bridgehead atoms. The van der Waals surface area contributed by atoms with Crippen molar-refractivity contribution in [3.05, 3.63) is 57.8 Å². The molecule has 5 N–H and O–H groups in total. The van der Waals surface area contributed by atoms with Crippen LogP contribution < -0.4 is 11.1 Å². The number of hydrogen-bond donors (Lipinski definition) is 4. The van der Waals surface area contributed by atoms with Crippen molar-refractivity contribution in [1.29, 1.82) is 0 Å². The third-order valence-electron chi connectivity index (χ3n) is 4.20. The minimum Gasteiger partial charge on any atom is -0.366 e. The molecular weight excluding hydrogens is 437 g/mol. The monoisotopic (exact) mass is 450 g/mol. The largest absolute Gasteiger partial charge is 0.435 e. The average molecular weight is 451 g/mol. The van der Waals surface area contributed by atoms with E-state index in [1.165, 1.54) is 12.1 Å². The molecule has 160 valence electrons. The number of rotatable bonds is 6. The standard InChI is InChI=1S/C19H14ClF3N6O2/c1-2-3-12-14(15(29-28-12)19(21,22)23)13-8-25-17(27-13)18(31)26-7-9-4-5-10(16(24)30)11(20)6-9/h1,4-6,8H,3,7H2,(H2,24,30)(H,25,27)(H,26,31)(H,28,29). The molecule has 0 aliphatic heterocycles. The van der Waals surface area contributed by atoms with Crippen LogP contribution in [0.15, 0.2) is 24.4 Å². The molecule has 0 fully saturated rings. The maximum absolute atomic E-state index is 13.3. The van der Waals surface area contributed by atoms with Crippen molar-refractivity contribution in [3.63, 3.8) is 0 Å². The van der Waals surface area contributed by atoms with Gasteiger partial charge in [0, 0.05) is 6.54 Å². The summed E-state index contributed by atoms with van der Waals surface area (Å²) >= 11 is 5.96. The molecule has 2 amide bonds. The molecule has 0 atom stereocenters. The second-order valence-electron chi connectivity index (χ2n) is 6.31. The Kier molecular flexibility index (Phi) is 6.03. The number of carbonyl (C=O) groups excluding carboxylic acids is 2. The molecule has 0 aliphatic rings. The van der Waals surface area contributed by atoms with E-state index in [0.717, 1.165) is 6.20 Å². The summed E-state index contributed by atoms with van der Waals surface area (Å²) in [6, 6.07) is 4.43. The number of nitrogens with two attached hydrogens (primary N) is 1. The third-order valence-corrected chi connectivity index (χ3v) is 4.51. The molecular formula is C19H14ClF3N6O2. The zero-order chi connectivity index (χ0) is 22.8. The SMILES string of the molecule is C#CCc1[nH]nc(C(F)(F)F)c1-c1cnc(C(=O)NCc2ccc(C(N)=O)c(Cl)c2)[nH]1. The fourth-order valence-corrected chi connectivity index (χ4v) is 3.10. The zero-order valence-electron chi connectivity index (χ0n) is 15.6. The van der Waals surface area contributed by atoms with Gasteiger partial charge in [-0.05, 0) is 17.7 Å². The molecule has 2 heterocycles. The van der Waals surface area contributed by atoms with Crippen molar-refractivity contribution in [1.82, 2.24) is 25.5 Å². The van der Waals surface area contributed by atoms with E-state index < -0.39 is 23.7 Å². The lowest BCUT2D eigenvalue weighted by molar-refractivity contribution is -0.140. The highest BCUT2D eigenvalue weighted by molar-refractivity contribution is 6.33. The van der Waals surface area contributed by atoms with Crippen LogP contribution in [0.2, 0.25) is 5.02 Å². The Balaban J connectivity index is 1.79. The predicted octanol–water partition coefficient (Wildman–Crippen LogP) is 2.68. The Labute approximate surface area is 178 Å². The lowest BCUT2D eigenvalue weighted by Crippen LogP contribution is -2.24. The quantitative estimate of drug-likeness (QED) is 0.430. The number of nitrogens with one attached hydrogen (secondary N) is 3. The van der Waals surface area contributed by atoms with Crippen molar-refractivity contribution in [2.24, 2.45) is 5.73 Å². The second kappa shape index (κ2) is 8.53. The first-order valence-corrected chi connectivity index (χ1v) is 8.99. The van der Waals surface area contributed by atoms with Crippen LogP contribution >= 0.6 is 11.6 Å². The molecule has 0 unspecified atom stereocenters. The minimum absolute atomic E-state index is 0.0233. The highest BCUT2D eigenvalue weighted by Gasteiger charge is 2.39. The summed E-state index contributed by atoms with van der Waals surface area (Å²) in [5.41, 5.74) is 4.41. The van der Waals surface area contributed by atoms with Gasteiger partial charge in [-0.2, -0.15) is 18.3 Å². The van der Waals surface area contributed by atoms with E-state index >= 15 is 0 Å². The van der Waals surface area contributed by atoms with Crippen LogP contribution in [0, 0.1) is 12.3 Å². The van der Waals surface area contributed by atoms with Crippen LogP contribution in [0.3, 0.4) is 0 Å². The van der Waals surface area contributed by atoms with Crippen LogP contribution in [0.1, 0.15) is 37.9 Å².